The lowest BCUT2D eigenvalue weighted by Gasteiger charge is -2.30. The molecule has 5 heteroatoms. The summed E-state index contributed by atoms with van der Waals surface area (Å²) in [5.41, 5.74) is 0.823. The molecule has 0 aliphatic carbocycles. The quantitative estimate of drug-likeness (QED) is 0.749. The fraction of sp³-hybridized carbons (Fsp3) is 0.273. The summed E-state index contributed by atoms with van der Waals surface area (Å²) in [6.07, 6.45) is 0. The molecule has 1 aliphatic rings. The summed E-state index contributed by atoms with van der Waals surface area (Å²) < 4.78 is 0.914. The highest BCUT2D eigenvalue weighted by atomic mass is 79.9. The topological polar surface area (TPSA) is 44.1 Å². The normalized spacial score (nSPS) is 19.2. The lowest BCUT2D eigenvalue weighted by Crippen LogP contribution is -2.39. The van der Waals surface area contributed by atoms with Gasteiger partial charge in [-0.1, -0.05) is 15.9 Å². The Balaban J connectivity index is 2.50. The van der Waals surface area contributed by atoms with E-state index in [-0.39, 0.29) is 17.7 Å². The molecule has 0 radical (unpaired) electrons. The maximum absolute atomic E-state index is 11.9. The van der Waals surface area contributed by atoms with E-state index in [1.807, 2.05) is 31.2 Å². The molecular weight excluding hydrogens is 288 g/mol. The van der Waals surface area contributed by atoms with Gasteiger partial charge in [0.05, 0.1) is 17.0 Å². The van der Waals surface area contributed by atoms with Crippen molar-refractivity contribution < 1.29 is 4.79 Å². The summed E-state index contributed by atoms with van der Waals surface area (Å²) >= 11 is 4.91. The van der Waals surface area contributed by atoms with E-state index in [0.717, 1.165) is 15.1 Å². The number of amides is 1. The van der Waals surface area contributed by atoms with Gasteiger partial charge in [0.25, 0.3) is 0 Å². The van der Waals surface area contributed by atoms with Crippen LogP contribution in [0.1, 0.15) is 6.92 Å². The van der Waals surface area contributed by atoms with Crippen molar-refractivity contribution in [2.24, 2.45) is 0 Å². The van der Waals surface area contributed by atoms with E-state index in [0.29, 0.717) is 0 Å². The smallest absolute Gasteiger partial charge is 0.241 e. The lowest BCUT2D eigenvalue weighted by molar-refractivity contribution is -0.117. The third-order valence-corrected chi connectivity index (χ3v) is 4.01. The van der Waals surface area contributed by atoms with Crippen LogP contribution in [0.3, 0.4) is 0 Å². The molecule has 2 rings (SSSR count). The Hall–Kier alpha value is -0.990. The number of anilines is 1. The van der Waals surface area contributed by atoms with Crippen LogP contribution in [0.4, 0.5) is 5.69 Å². The van der Waals surface area contributed by atoms with Gasteiger partial charge in [-0.3, -0.25) is 9.69 Å². The van der Waals surface area contributed by atoms with E-state index in [4.69, 9.17) is 5.26 Å². The van der Waals surface area contributed by atoms with Crippen LogP contribution in [0, 0.1) is 11.3 Å². The maximum atomic E-state index is 11.9. The van der Waals surface area contributed by atoms with Gasteiger partial charge >= 0.3 is 0 Å². The molecule has 1 unspecified atom stereocenters. The molecule has 1 aliphatic heterocycles. The average Bonchev–Trinajstić information content (AvgIpc) is 2.26. The van der Waals surface area contributed by atoms with E-state index >= 15 is 0 Å². The zero-order valence-electron chi connectivity index (χ0n) is 8.61. The number of benzene rings is 1. The fourth-order valence-corrected chi connectivity index (χ4v) is 3.01. The third-order valence-electron chi connectivity index (χ3n) is 2.36. The number of nitriles is 1. The second kappa shape index (κ2) is 4.48. The van der Waals surface area contributed by atoms with Crippen molar-refractivity contribution in [1.82, 2.24) is 0 Å². The van der Waals surface area contributed by atoms with E-state index < -0.39 is 0 Å². The SMILES string of the molecule is CC1Sc2ccc(Br)cc2N(CC#N)C1=O. The van der Waals surface area contributed by atoms with Gasteiger partial charge < -0.3 is 0 Å². The van der Waals surface area contributed by atoms with Crippen molar-refractivity contribution >= 4 is 39.3 Å². The number of thioether (sulfide) groups is 1. The molecule has 1 amide bonds. The summed E-state index contributed by atoms with van der Waals surface area (Å²) in [5.74, 6) is -0.00264. The number of nitrogens with zero attached hydrogens (tertiary/aromatic N) is 2. The molecule has 0 N–H and O–H groups in total. The number of carbonyl (C=O) groups excluding carboxylic acids is 1. The Labute approximate surface area is 107 Å². The van der Waals surface area contributed by atoms with Crippen LogP contribution in [-0.4, -0.2) is 17.7 Å². The monoisotopic (exact) mass is 296 g/mol. The van der Waals surface area contributed by atoms with Crippen molar-refractivity contribution in [3.63, 3.8) is 0 Å². The number of carbonyl (C=O) groups is 1. The number of fused-ring (bicyclic) bond motifs is 1. The van der Waals surface area contributed by atoms with Crippen LogP contribution in [0.5, 0.6) is 0 Å². The Morgan fingerprint density at radius 3 is 3.06 bits per heavy atom. The van der Waals surface area contributed by atoms with E-state index in [9.17, 15) is 4.79 Å². The van der Waals surface area contributed by atoms with Crippen LogP contribution in [0.15, 0.2) is 27.6 Å². The van der Waals surface area contributed by atoms with Crippen LogP contribution in [-0.2, 0) is 4.79 Å². The van der Waals surface area contributed by atoms with Gasteiger partial charge in [0.15, 0.2) is 0 Å². The second-order valence-corrected chi connectivity index (χ2v) is 5.75. The van der Waals surface area contributed by atoms with E-state index in [1.54, 1.807) is 4.90 Å². The summed E-state index contributed by atoms with van der Waals surface area (Å²) in [5, 5.41) is 8.63. The van der Waals surface area contributed by atoms with Gasteiger partial charge in [-0.05, 0) is 25.1 Å². The molecule has 1 atom stereocenters. The van der Waals surface area contributed by atoms with Crippen LogP contribution < -0.4 is 4.90 Å². The van der Waals surface area contributed by atoms with Gasteiger partial charge in [-0.25, -0.2) is 0 Å². The minimum absolute atomic E-state index is 0.00264. The first-order valence-corrected chi connectivity index (χ1v) is 6.45. The van der Waals surface area contributed by atoms with Crippen molar-refractivity contribution in [3.8, 4) is 6.07 Å². The molecule has 1 aromatic rings. The summed E-state index contributed by atoms with van der Waals surface area (Å²) in [6.45, 7) is 1.97. The first kappa shape index (κ1) is 11.5. The largest absolute Gasteiger partial charge is 0.296 e. The first-order valence-electron chi connectivity index (χ1n) is 4.78. The number of hydrogen-bond acceptors (Lipinski definition) is 3. The molecule has 0 spiro atoms. The van der Waals surface area contributed by atoms with E-state index in [1.165, 1.54) is 11.8 Å². The average molecular weight is 297 g/mol. The van der Waals surface area contributed by atoms with Crippen molar-refractivity contribution in [2.45, 2.75) is 17.1 Å². The van der Waals surface area contributed by atoms with Crippen molar-refractivity contribution in [1.29, 1.82) is 5.26 Å². The molecule has 3 nitrogen and oxygen atoms in total. The molecule has 0 saturated carbocycles. The predicted molar refractivity (Wildman–Crippen MR) is 67.4 cm³/mol. The molecule has 0 aromatic heterocycles. The number of hydrogen-bond donors (Lipinski definition) is 0. The van der Waals surface area contributed by atoms with Crippen molar-refractivity contribution in [3.05, 3.63) is 22.7 Å². The third kappa shape index (κ3) is 1.95. The van der Waals surface area contributed by atoms with Gasteiger partial charge in [-0.15, -0.1) is 11.8 Å². The molecule has 16 heavy (non-hydrogen) atoms. The lowest BCUT2D eigenvalue weighted by atomic mass is 10.2. The Morgan fingerprint density at radius 1 is 1.62 bits per heavy atom. The van der Waals surface area contributed by atoms with Crippen LogP contribution >= 0.6 is 27.7 Å². The fourth-order valence-electron chi connectivity index (χ4n) is 1.61. The molecular formula is C11H9BrN2OS. The Bertz CT molecular complexity index is 483. The van der Waals surface area contributed by atoms with Crippen LogP contribution in [0.25, 0.3) is 0 Å². The Kier molecular flexibility index (Phi) is 3.22. The van der Waals surface area contributed by atoms with Crippen LogP contribution in [0.2, 0.25) is 0 Å². The molecule has 1 heterocycles. The highest BCUT2D eigenvalue weighted by Gasteiger charge is 2.30. The molecule has 82 valence electrons. The predicted octanol–water partition coefficient (Wildman–Crippen LogP) is 2.80. The van der Waals surface area contributed by atoms with Gasteiger partial charge in [0.1, 0.15) is 6.54 Å². The van der Waals surface area contributed by atoms with E-state index in [2.05, 4.69) is 15.9 Å². The molecule has 0 saturated heterocycles. The zero-order chi connectivity index (χ0) is 11.7. The highest BCUT2D eigenvalue weighted by molar-refractivity contribution is 9.10. The number of rotatable bonds is 1. The Morgan fingerprint density at radius 2 is 2.38 bits per heavy atom. The summed E-state index contributed by atoms with van der Waals surface area (Å²) in [4.78, 5) is 14.5. The summed E-state index contributed by atoms with van der Waals surface area (Å²) in [7, 11) is 0. The standard InChI is InChI=1S/C11H9BrN2OS/c1-7-11(15)14(5-4-13)9-6-8(12)2-3-10(9)16-7/h2-3,6-7H,5H2,1H3. The minimum Gasteiger partial charge on any atom is -0.296 e. The molecule has 1 aromatic carbocycles. The number of halogens is 1. The van der Waals surface area contributed by atoms with Gasteiger partial charge in [-0.2, -0.15) is 5.26 Å². The second-order valence-electron chi connectivity index (χ2n) is 3.45. The maximum Gasteiger partial charge on any atom is 0.241 e. The van der Waals surface area contributed by atoms with Gasteiger partial charge in [0, 0.05) is 9.37 Å². The van der Waals surface area contributed by atoms with Gasteiger partial charge in [0.2, 0.25) is 5.91 Å². The zero-order valence-corrected chi connectivity index (χ0v) is 11.0. The first-order chi connectivity index (χ1) is 7.63. The minimum atomic E-state index is -0.123. The molecule has 0 bridgehead atoms. The highest BCUT2D eigenvalue weighted by Crippen LogP contribution is 2.40. The summed E-state index contributed by atoms with van der Waals surface area (Å²) in [6, 6.07) is 7.82. The molecule has 0 fully saturated rings. The van der Waals surface area contributed by atoms with Crippen molar-refractivity contribution in [2.75, 3.05) is 11.4 Å².